The first-order chi connectivity index (χ1) is 11.7. The minimum atomic E-state index is 0.0781. The SMILES string of the molecule is Cn1cnc2cc(C(=O)N3CCC(NC4CCCC4)CC3)cnc21. The fourth-order valence-electron chi connectivity index (χ4n) is 3.99. The predicted octanol–water partition coefficient (Wildman–Crippen LogP) is 2.11. The Bertz CT molecular complexity index is 726. The summed E-state index contributed by atoms with van der Waals surface area (Å²) in [7, 11) is 1.91. The van der Waals surface area contributed by atoms with Gasteiger partial charge in [0.15, 0.2) is 5.65 Å². The topological polar surface area (TPSA) is 63.1 Å². The van der Waals surface area contributed by atoms with Gasteiger partial charge in [0.05, 0.1) is 11.9 Å². The second-order valence-corrected chi connectivity index (χ2v) is 7.14. The average molecular weight is 327 g/mol. The molecule has 128 valence electrons. The van der Waals surface area contributed by atoms with Gasteiger partial charge in [-0.15, -0.1) is 0 Å². The molecule has 1 N–H and O–H groups in total. The van der Waals surface area contributed by atoms with Crippen LogP contribution < -0.4 is 5.32 Å². The molecule has 0 aromatic carbocycles. The van der Waals surface area contributed by atoms with E-state index in [9.17, 15) is 4.79 Å². The maximum absolute atomic E-state index is 12.7. The fourth-order valence-corrected chi connectivity index (χ4v) is 3.99. The molecule has 1 saturated carbocycles. The van der Waals surface area contributed by atoms with E-state index >= 15 is 0 Å². The molecule has 0 bridgehead atoms. The number of piperidine rings is 1. The van der Waals surface area contributed by atoms with Crippen LogP contribution >= 0.6 is 0 Å². The summed E-state index contributed by atoms with van der Waals surface area (Å²) < 4.78 is 1.86. The van der Waals surface area contributed by atoms with E-state index in [0.717, 1.165) is 37.1 Å². The Hall–Kier alpha value is -1.95. The zero-order valence-electron chi connectivity index (χ0n) is 14.2. The van der Waals surface area contributed by atoms with Crippen molar-refractivity contribution in [3.8, 4) is 0 Å². The van der Waals surface area contributed by atoms with Gasteiger partial charge < -0.3 is 14.8 Å². The monoisotopic (exact) mass is 327 g/mol. The summed E-state index contributed by atoms with van der Waals surface area (Å²) in [5.74, 6) is 0.0781. The number of fused-ring (bicyclic) bond motifs is 1. The van der Waals surface area contributed by atoms with E-state index in [1.54, 1.807) is 12.5 Å². The highest BCUT2D eigenvalue weighted by molar-refractivity contribution is 5.96. The summed E-state index contributed by atoms with van der Waals surface area (Å²) in [6.07, 6.45) is 10.8. The third-order valence-electron chi connectivity index (χ3n) is 5.41. The average Bonchev–Trinajstić information content (AvgIpc) is 3.25. The van der Waals surface area contributed by atoms with Gasteiger partial charge in [0, 0.05) is 38.4 Å². The number of aromatic nitrogens is 3. The number of pyridine rings is 1. The van der Waals surface area contributed by atoms with Crippen LogP contribution in [0.3, 0.4) is 0 Å². The van der Waals surface area contributed by atoms with Gasteiger partial charge in [-0.3, -0.25) is 4.79 Å². The molecule has 0 atom stereocenters. The summed E-state index contributed by atoms with van der Waals surface area (Å²) in [6.45, 7) is 1.65. The molecule has 0 spiro atoms. The van der Waals surface area contributed by atoms with Crippen molar-refractivity contribution in [1.82, 2.24) is 24.8 Å². The highest BCUT2D eigenvalue weighted by Crippen LogP contribution is 2.21. The fraction of sp³-hybridized carbons (Fsp3) is 0.611. The minimum Gasteiger partial charge on any atom is -0.338 e. The standard InChI is InChI=1S/C18H25N5O/c1-22-12-20-16-10-13(11-19-17(16)22)18(24)23-8-6-15(7-9-23)21-14-4-2-3-5-14/h10-12,14-15,21H,2-9H2,1H3. The molecular weight excluding hydrogens is 302 g/mol. The van der Waals surface area contributed by atoms with Gasteiger partial charge in [-0.05, 0) is 31.7 Å². The maximum atomic E-state index is 12.7. The number of imidazole rings is 1. The number of nitrogens with one attached hydrogen (secondary N) is 1. The Balaban J connectivity index is 1.38. The van der Waals surface area contributed by atoms with Crippen molar-refractivity contribution in [3.63, 3.8) is 0 Å². The van der Waals surface area contributed by atoms with E-state index in [1.165, 1.54) is 25.7 Å². The van der Waals surface area contributed by atoms with Gasteiger partial charge in [0.2, 0.25) is 0 Å². The number of aryl methyl sites for hydroxylation is 1. The van der Waals surface area contributed by atoms with Crippen LogP contribution in [0.5, 0.6) is 0 Å². The van der Waals surface area contributed by atoms with Gasteiger partial charge >= 0.3 is 0 Å². The zero-order valence-corrected chi connectivity index (χ0v) is 14.2. The molecule has 1 amide bonds. The number of hydrogen-bond donors (Lipinski definition) is 1. The lowest BCUT2D eigenvalue weighted by atomic mass is 10.0. The molecule has 6 nitrogen and oxygen atoms in total. The summed E-state index contributed by atoms with van der Waals surface area (Å²) in [4.78, 5) is 23.4. The third-order valence-corrected chi connectivity index (χ3v) is 5.41. The first kappa shape index (κ1) is 15.6. The number of nitrogens with zero attached hydrogens (tertiary/aromatic N) is 4. The number of carbonyl (C=O) groups is 1. The zero-order chi connectivity index (χ0) is 16.5. The molecule has 2 aromatic heterocycles. The van der Waals surface area contributed by atoms with E-state index in [2.05, 4.69) is 15.3 Å². The summed E-state index contributed by atoms with van der Waals surface area (Å²) in [5.41, 5.74) is 2.23. The molecule has 1 aliphatic carbocycles. The Morgan fingerprint density at radius 3 is 2.58 bits per heavy atom. The van der Waals surface area contributed by atoms with Crippen LogP contribution in [0.1, 0.15) is 48.9 Å². The van der Waals surface area contributed by atoms with Crippen molar-refractivity contribution < 1.29 is 4.79 Å². The highest BCUT2D eigenvalue weighted by atomic mass is 16.2. The van der Waals surface area contributed by atoms with E-state index in [4.69, 9.17) is 0 Å². The summed E-state index contributed by atoms with van der Waals surface area (Å²) >= 11 is 0. The molecule has 1 saturated heterocycles. The van der Waals surface area contributed by atoms with Crippen LogP contribution in [0.15, 0.2) is 18.6 Å². The largest absolute Gasteiger partial charge is 0.338 e. The summed E-state index contributed by atoms with van der Waals surface area (Å²) in [5, 5.41) is 3.78. The summed E-state index contributed by atoms with van der Waals surface area (Å²) in [6, 6.07) is 3.12. The van der Waals surface area contributed by atoms with Crippen molar-refractivity contribution in [2.45, 2.75) is 50.6 Å². The van der Waals surface area contributed by atoms with Crippen LogP contribution in [0.2, 0.25) is 0 Å². The predicted molar refractivity (Wildman–Crippen MR) is 92.8 cm³/mol. The second-order valence-electron chi connectivity index (χ2n) is 7.14. The van der Waals surface area contributed by atoms with E-state index in [0.29, 0.717) is 17.6 Å². The van der Waals surface area contributed by atoms with Gasteiger partial charge in [-0.2, -0.15) is 0 Å². The lowest BCUT2D eigenvalue weighted by molar-refractivity contribution is 0.0701. The van der Waals surface area contributed by atoms with Crippen molar-refractivity contribution in [2.75, 3.05) is 13.1 Å². The third kappa shape index (κ3) is 3.02. The maximum Gasteiger partial charge on any atom is 0.255 e. The van der Waals surface area contributed by atoms with E-state index in [-0.39, 0.29) is 5.91 Å². The van der Waals surface area contributed by atoms with Crippen LogP contribution in [0.4, 0.5) is 0 Å². The van der Waals surface area contributed by atoms with Gasteiger partial charge in [-0.25, -0.2) is 9.97 Å². The molecule has 1 aliphatic heterocycles. The Morgan fingerprint density at radius 1 is 1.12 bits per heavy atom. The molecule has 0 unspecified atom stereocenters. The van der Waals surface area contributed by atoms with Crippen LogP contribution in [0, 0.1) is 0 Å². The molecule has 4 rings (SSSR count). The molecule has 2 aromatic rings. The molecular formula is C18H25N5O. The van der Waals surface area contributed by atoms with Crippen LogP contribution in [-0.4, -0.2) is 50.5 Å². The molecule has 6 heteroatoms. The minimum absolute atomic E-state index is 0.0781. The first-order valence-corrected chi connectivity index (χ1v) is 9.03. The van der Waals surface area contributed by atoms with Crippen molar-refractivity contribution in [3.05, 3.63) is 24.2 Å². The number of likely N-dealkylation sites (tertiary alicyclic amines) is 1. The number of carbonyl (C=O) groups excluding carboxylic acids is 1. The molecule has 24 heavy (non-hydrogen) atoms. The Kier molecular flexibility index (Phi) is 4.22. The Morgan fingerprint density at radius 2 is 1.83 bits per heavy atom. The van der Waals surface area contributed by atoms with Gasteiger partial charge in [0.25, 0.3) is 5.91 Å². The van der Waals surface area contributed by atoms with Crippen molar-refractivity contribution in [1.29, 1.82) is 0 Å². The van der Waals surface area contributed by atoms with Crippen molar-refractivity contribution >= 4 is 17.1 Å². The van der Waals surface area contributed by atoms with Crippen molar-refractivity contribution in [2.24, 2.45) is 7.05 Å². The number of amides is 1. The molecule has 0 radical (unpaired) electrons. The quantitative estimate of drug-likeness (QED) is 0.938. The van der Waals surface area contributed by atoms with Gasteiger partial charge in [0.1, 0.15) is 5.52 Å². The lowest BCUT2D eigenvalue weighted by Crippen LogP contribution is -2.47. The lowest BCUT2D eigenvalue weighted by Gasteiger charge is -2.34. The molecule has 2 fully saturated rings. The normalized spacial score (nSPS) is 20.1. The molecule has 2 aliphatic rings. The number of rotatable bonds is 3. The van der Waals surface area contributed by atoms with E-state index in [1.807, 2.05) is 22.6 Å². The highest BCUT2D eigenvalue weighted by Gasteiger charge is 2.26. The van der Waals surface area contributed by atoms with E-state index < -0.39 is 0 Å². The van der Waals surface area contributed by atoms with Crippen LogP contribution in [0.25, 0.3) is 11.2 Å². The molecule has 3 heterocycles. The second kappa shape index (κ2) is 6.51. The smallest absolute Gasteiger partial charge is 0.255 e. The van der Waals surface area contributed by atoms with Crippen LogP contribution in [-0.2, 0) is 7.05 Å². The number of hydrogen-bond acceptors (Lipinski definition) is 4. The first-order valence-electron chi connectivity index (χ1n) is 9.03. The Labute approximate surface area is 142 Å². The van der Waals surface area contributed by atoms with Gasteiger partial charge in [-0.1, -0.05) is 12.8 Å².